The predicted molar refractivity (Wildman–Crippen MR) is 128 cm³/mol. The summed E-state index contributed by atoms with van der Waals surface area (Å²) in [7, 11) is 0. The Balaban J connectivity index is 0.000000328. The summed E-state index contributed by atoms with van der Waals surface area (Å²) in [5, 5.41) is 23.9. The average molecular weight is 451 g/mol. The van der Waals surface area contributed by atoms with Crippen molar-refractivity contribution in [3.63, 3.8) is 0 Å². The van der Waals surface area contributed by atoms with Gasteiger partial charge in [-0.2, -0.15) is 4.89 Å². The van der Waals surface area contributed by atoms with Crippen molar-refractivity contribution < 1.29 is 30.3 Å². The first-order valence-corrected chi connectivity index (χ1v) is 10.7. The third-order valence-corrected chi connectivity index (χ3v) is 4.92. The first-order chi connectivity index (χ1) is 16.2. The normalized spacial score (nSPS) is 11.5. The van der Waals surface area contributed by atoms with E-state index in [0.717, 1.165) is 6.42 Å². The van der Waals surface area contributed by atoms with Crippen LogP contribution in [-0.2, 0) is 25.0 Å². The number of aryl methyl sites for hydroxylation is 1. The number of fused-ring (bicyclic) bond motifs is 1. The van der Waals surface area contributed by atoms with E-state index in [1.54, 1.807) is 6.92 Å². The lowest BCUT2D eigenvalue weighted by Crippen LogP contribution is -1.97. The Bertz CT molecular complexity index is 1050. The summed E-state index contributed by atoms with van der Waals surface area (Å²) in [6.07, 6.45) is 6.83. The maximum atomic E-state index is 7.46. The van der Waals surface area contributed by atoms with Crippen molar-refractivity contribution in [3.05, 3.63) is 89.5 Å². The molecule has 1 atom stereocenters. The Morgan fingerprint density at radius 1 is 0.970 bits per heavy atom. The molecule has 3 aromatic carbocycles. The zero-order chi connectivity index (χ0) is 23.7. The lowest BCUT2D eigenvalue weighted by molar-refractivity contribution is -0.752. The smallest absolute Gasteiger partial charge is 0.146 e. The topological polar surface area (TPSA) is 66.4 Å². The highest BCUT2D eigenvalue weighted by Crippen LogP contribution is 2.28. The second-order valence-corrected chi connectivity index (χ2v) is 7.33. The number of benzene rings is 3. The zero-order valence-corrected chi connectivity index (χ0v) is 19.2. The van der Waals surface area contributed by atoms with Gasteiger partial charge in [0.2, 0.25) is 0 Å². The van der Waals surface area contributed by atoms with E-state index in [-0.39, 0.29) is 6.61 Å². The molecule has 174 valence electrons. The van der Waals surface area contributed by atoms with Crippen LogP contribution >= 0.6 is 0 Å². The molecule has 0 heterocycles. The van der Waals surface area contributed by atoms with Crippen LogP contribution in [0.25, 0.3) is 16.8 Å². The van der Waals surface area contributed by atoms with E-state index in [0.29, 0.717) is 5.92 Å². The first-order valence-electron chi connectivity index (χ1n) is 10.7. The number of hydrogen-bond acceptors (Lipinski definition) is 6. The van der Waals surface area contributed by atoms with Crippen LogP contribution in [0.15, 0.2) is 72.8 Å². The zero-order valence-electron chi connectivity index (χ0n) is 19.2. The minimum atomic E-state index is 0.0330. The van der Waals surface area contributed by atoms with Crippen molar-refractivity contribution >= 4 is 16.8 Å². The molecule has 0 aromatic heterocycles. The number of allylic oxidation sites excluding steroid dienone is 1. The van der Waals surface area contributed by atoms with Crippen LogP contribution in [0.1, 0.15) is 49.3 Å². The third kappa shape index (κ3) is 9.98. The van der Waals surface area contributed by atoms with Gasteiger partial charge in [0.25, 0.3) is 0 Å². The molecule has 1 N–H and O–H groups in total. The Morgan fingerprint density at radius 2 is 1.76 bits per heavy atom. The molecule has 3 rings (SSSR count). The van der Waals surface area contributed by atoms with Crippen molar-refractivity contribution in [2.24, 2.45) is 0 Å². The summed E-state index contributed by atoms with van der Waals surface area (Å²) in [5.41, 5.74) is 4.08. The van der Waals surface area contributed by atoms with E-state index in [1.807, 2.05) is 0 Å². The van der Waals surface area contributed by atoms with Gasteiger partial charge in [0.1, 0.15) is 6.61 Å². The minimum absolute atomic E-state index is 0.0330. The van der Waals surface area contributed by atoms with E-state index >= 15 is 0 Å². The molecule has 3 aromatic rings. The average Bonchev–Trinajstić information content (AvgIpc) is 2.84. The monoisotopic (exact) mass is 450 g/mol. The van der Waals surface area contributed by atoms with Crippen LogP contribution in [0.2, 0.25) is 0 Å². The molecule has 0 unspecified atom stereocenters. The highest BCUT2D eigenvalue weighted by Gasteiger charge is 2.08. The molecule has 0 saturated carbocycles. The van der Waals surface area contributed by atoms with Crippen LogP contribution in [0.3, 0.4) is 0 Å². The summed E-state index contributed by atoms with van der Waals surface area (Å²) < 4.78 is 0. The molecule has 0 spiro atoms. The third-order valence-electron chi connectivity index (χ3n) is 4.92. The summed E-state index contributed by atoms with van der Waals surface area (Å²) in [4.78, 5) is 4.16. The van der Waals surface area contributed by atoms with E-state index in [9.17, 15) is 0 Å². The van der Waals surface area contributed by atoms with E-state index in [4.69, 9.17) is 5.26 Å². The summed E-state index contributed by atoms with van der Waals surface area (Å²) in [6, 6.07) is 24.0. The minimum Gasteiger partial charge on any atom is -0.219 e. The molecule has 0 aliphatic heterocycles. The standard InChI is InChI=1S/C23H24.C4H6O6/c1-18-9-7-12-20(17-18)11-4-3-10-19(2)22-16-8-14-21-13-5-6-15-23(21)22;1-2-3-4-6-8-10-9-7-5/h4-9,11-17,19H,3,10H2,1-2H3;5H,4H2,1H3/b11-4+;/t19-;/m0./s1. The highest BCUT2D eigenvalue weighted by molar-refractivity contribution is 5.86. The van der Waals surface area contributed by atoms with Crippen molar-refractivity contribution in [2.45, 2.75) is 39.5 Å². The molecule has 33 heavy (non-hydrogen) atoms. The van der Waals surface area contributed by atoms with Crippen molar-refractivity contribution in [2.75, 3.05) is 6.61 Å². The second-order valence-electron chi connectivity index (χ2n) is 7.33. The van der Waals surface area contributed by atoms with Gasteiger partial charge in [0.05, 0.1) is 0 Å². The van der Waals surface area contributed by atoms with E-state index in [2.05, 4.69) is 130 Å². The molecule has 0 saturated heterocycles. The quantitative estimate of drug-likeness (QED) is 0.156. The number of hydrogen-bond donors (Lipinski definition) is 1. The SMILES string of the molecule is CC#CCOOOOOO.Cc1cccc(/C=C/CC[C@H](C)c2cccc3ccccc23)c1. The van der Waals surface area contributed by atoms with Crippen LogP contribution in [0.4, 0.5) is 0 Å². The predicted octanol–water partition coefficient (Wildman–Crippen LogP) is 6.97. The summed E-state index contributed by atoms with van der Waals surface area (Å²) >= 11 is 0. The first kappa shape index (κ1) is 26.2. The maximum absolute atomic E-state index is 7.46. The maximum Gasteiger partial charge on any atom is 0.146 e. The van der Waals surface area contributed by atoms with Crippen molar-refractivity contribution in [1.29, 1.82) is 0 Å². The van der Waals surface area contributed by atoms with Crippen LogP contribution in [0, 0.1) is 18.8 Å². The Morgan fingerprint density at radius 3 is 2.55 bits per heavy atom. The molecule has 0 fully saturated rings. The molecular formula is C27H30O6. The molecule has 6 heteroatoms. The molecular weight excluding hydrogens is 420 g/mol. The van der Waals surface area contributed by atoms with Gasteiger partial charge in [-0.15, -0.1) is 5.92 Å². The Labute approximate surface area is 195 Å². The fourth-order valence-corrected chi connectivity index (χ4v) is 3.34. The molecule has 0 amide bonds. The van der Waals surface area contributed by atoms with Crippen LogP contribution < -0.4 is 0 Å². The van der Waals surface area contributed by atoms with Crippen LogP contribution in [0.5, 0.6) is 0 Å². The highest BCUT2D eigenvalue weighted by atomic mass is 17.8. The lowest BCUT2D eigenvalue weighted by atomic mass is 9.91. The Kier molecular flexibility index (Phi) is 12.5. The van der Waals surface area contributed by atoms with Gasteiger partial charge in [-0.05, 0) is 74.7 Å². The lowest BCUT2D eigenvalue weighted by Gasteiger charge is -2.13. The van der Waals surface area contributed by atoms with Gasteiger partial charge in [0, 0.05) is 0 Å². The second kappa shape index (κ2) is 15.7. The van der Waals surface area contributed by atoms with Gasteiger partial charge in [0.15, 0.2) is 0 Å². The van der Waals surface area contributed by atoms with Gasteiger partial charge >= 0.3 is 0 Å². The molecule has 0 bridgehead atoms. The van der Waals surface area contributed by atoms with Crippen molar-refractivity contribution in [3.8, 4) is 11.8 Å². The number of rotatable bonds is 10. The summed E-state index contributed by atoms with van der Waals surface area (Å²) in [5.74, 6) is 5.59. The van der Waals surface area contributed by atoms with Crippen LogP contribution in [-0.4, -0.2) is 11.9 Å². The van der Waals surface area contributed by atoms with Gasteiger partial charge in [-0.3, -0.25) is 0 Å². The van der Waals surface area contributed by atoms with Gasteiger partial charge in [-0.25, -0.2) is 5.26 Å². The van der Waals surface area contributed by atoms with E-state index in [1.165, 1.54) is 33.9 Å². The fraction of sp³-hybridized carbons (Fsp3) is 0.259. The summed E-state index contributed by atoms with van der Waals surface area (Å²) in [6.45, 7) is 6.14. The largest absolute Gasteiger partial charge is 0.219 e. The molecule has 0 aliphatic rings. The van der Waals surface area contributed by atoms with E-state index < -0.39 is 0 Å². The van der Waals surface area contributed by atoms with Crippen molar-refractivity contribution in [1.82, 2.24) is 0 Å². The Hall–Kier alpha value is -3.02. The fourth-order valence-electron chi connectivity index (χ4n) is 3.34. The molecule has 0 aliphatic carbocycles. The van der Waals surface area contributed by atoms with Gasteiger partial charge < -0.3 is 0 Å². The van der Waals surface area contributed by atoms with Gasteiger partial charge in [-0.1, -0.05) is 97.3 Å². The molecule has 6 nitrogen and oxygen atoms in total. The molecule has 0 radical (unpaired) electrons.